The van der Waals surface area contributed by atoms with E-state index in [0.29, 0.717) is 24.4 Å². The van der Waals surface area contributed by atoms with Crippen LogP contribution in [0.25, 0.3) is 0 Å². The van der Waals surface area contributed by atoms with Crippen LogP contribution in [0, 0.1) is 0 Å². The van der Waals surface area contributed by atoms with Crippen molar-refractivity contribution >= 4 is 23.5 Å². The molecule has 21 heavy (non-hydrogen) atoms. The number of esters is 1. The number of hydrogen-bond donors (Lipinski definition) is 2. The van der Waals surface area contributed by atoms with Gasteiger partial charge in [0.2, 0.25) is 5.91 Å². The van der Waals surface area contributed by atoms with Crippen molar-refractivity contribution in [3.05, 3.63) is 34.9 Å². The highest BCUT2D eigenvalue weighted by Gasteiger charge is 2.07. The van der Waals surface area contributed by atoms with Crippen LogP contribution in [-0.4, -0.2) is 32.1 Å². The van der Waals surface area contributed by atoms with Gasteiger partial charge in [0.05, 0.1) is 13.7 Å². The summed E-state index contributed by atoms with van der Waals surface area (Å²) in [5.74, 6) is -0.362. The fraction of sp³-hybridized carbons (Fsp3) is 0.467. The summed E-state index contributed by atoms with van der Waals surface area (Å²) < 4.78 is 4.52. The number of nitrogens with one attached hydrogen (secondary N) is 2. The van der Waals surface area contributed by atoms with Crippen LogP contribution in [0.15, 0.2) is 24.3 Å². The number of rotatable bonds is 8. The third-order valence-electron chi connectivity index (χ3n) is 3.05. The first kappa shape index (κ1) is 17.5. The molecule has 0 aliphatic carbocycles. The van der Waals surface area contributed by atoms with Gasteiger partial charge in [-0.15, -0.1) is 0 Å². The molecule has 5 nitrogen and oxygen atoms in total. The fourth-order valence-electron chi connectivity index (χ4n) is 1.74. The number of hydrogen-bond acceptors (Lipinski definition) is 4. The van der Waals surface area contributed by atoms with Gasteiger partial charge in [0.15, 0.2) is 0 Å². The Hall–Kier alpha value is -1.59. The molecular weight excluding hydrogens is 292 g/mol. The highest BCUT2D eigenvalue weighted by molar-refractivity contribution is 6.30. The number of benzene rings is 1. The maximum absolute atomic E-state index is 11.6. The first-order valence-electron chi connectivity index (χ1n) is 6.85. The summed E-state index contributed by atoms with van der Waals surface area (Å²) in [5.41, 5.74) is 1.07. The molecule has 116 valence electrons. The lowest BCUT2D eigenvalue weighted by atomic mass is 10.1. The summed E-state index contributed by atoms with van der Waals surface area (Å²) in [4.78, 5) is 22.5. The average Bonchev–Trinajstić information content (AvgIpc) is 2.49. The third-order valence-corrected chi connectivity index (χ3v) is 3.30. The van der Waals surface area contributed by atoms with Gasteiger partial charge in [-0.05, 0) is 31.0 Å². The van der Waals surface area contributed by atoms with Crippen molar-refractivity contribution in [3.63, 3.8) is 0 Å². The minimum absolute atomic E-state index is 0.0584. The quantitative estimate of drug-likeness (QED) is 0.569. The zero-order chi connectivity index (χ0) is 15.7. The van der Waals surface area contributed by atoms with Crippen molar-refractivity contribution in [2.24, 2.45) is 0 Å². The number of halogens is 1. The molecule has 1 aromatic carbocycles. The van der Waals surface area contributed by atoms with Gasteiger partial charge < -0.3 is 15.4 Å². The van der Waals surface area contributed by atoms with E-state index in [1.807, 2.05) is 31.2 Å². The molecule has 0 bridgehead atoms. The summed E-state index contributed by atoms with van der Waals surface area (Å²) in [5, 5.41) is 6.57. The van der Waals surface area contributed by atoms with E-state index in [4.69, 9.17) is 11.6 Å². The molecule has 0 aromatic heterocycles. The minimum Gasteiger partial charge on any atom is -0.469 e. The summed E-state index contributed by atoms with van der Waals surface area (Å²) in [7, 11) is 1.35. The third kappa shape index (κ3) is 7.11. The number of methoxy groups -OCH3 is 1. The van der Waals surface area contributed by atoms with E-state index in [1.165, 1.54) is 7.11 Å². The Morgan fingerprint density at radius 2 is 1.95 bits per heavy atom. The molecule has 2 N–H and O–H groups in total. The van der Waals surface area contributed by atoms with Crippen molar-refractivity contribution in [1.82, 2.24) is 10.6 Å². The molecule has 1 amide bonds. The van der Waals surface area contributed by atoms with E-state index < -0.39 is 0 Å². The van der Waals surface area contributed by atoms with Gasteiger partial charge in [0.25, 0.3) is 0 Å². The monoisotopic (exact) mass is 312 g/mol. The van der Waals surface area contributed by atoms with Crippen LogP contribution < -0.4 is 10.6 Å². The van der Waals surface area contributed by atoms with Gasteiger partial charge in [0, 0.05) is 24.0 Å². The van der Waals surface area contributed by atoms with Gasteiger partial charge in [-0.3, -0.25) is 9.59 Å². The summed E-state index contributed by atoms with van der Waals surface area (Å²) in [6, 6.07) is 7.55. The van der Waals surface area contributed by atoms with Crippen LogP contribution in [0.5, 0.6) is 0 Å². The molecule has 0 aliphatic heterocycles. The maximum atomic E-state index is 11.6. The lowest BCUT2D eigenvalue weighted by Crippen LogP contribution is -2.35. The molecule has 0 heterocycles. The van der Waals surface area contributed by atoms with Gasteiger partial charge in [-0.1, -0.05) is 23.7 Å². The molecular formula is C15H21ClN2O3. The van der Waals surface area contributed by atoms with Crippen LogP contribution in [0.4, 0.5) is 0 Å². The molecule has 0 unspecified atom stereocenters. The summed E-state index contributed by atoms with van der Waals surface area (Å²) >= 11 is 5.83. The smallest absolute Gasteiger partial charge is 0.305 e. The number of amides is 1. The van der Waals surface area contributed by atoms with E-state index in [9.17, 15) is 9.59 Å². The standard InChI is InChI=1S/C15H21ClN2O3/c1-11(12-5-7-13(16)8-6-12)18-10-14(19)17-9-3-4-15(20)21-2/h5-8,11,18H,3-4,9-10H2,1-2H3,(H,17,19)/t11-/m0/s1. The highest BCUT2D eigenvalue weighted by Crippen LogP contribution is 2.15. The second kappa shape index (κ2) is 9.37. The van der Waals surface area contributed by atoms with E-state index in [0.717, 1.165) is 5.56 Å². The number of ether oxygens (including phenoxy) is 1. The van der Waals surface area contributed by atoms with Crippen molar-refractivity contribution in [1.29, 1.82) is 0 Å². The molecule has 0 spiro atoms. The zero-order valence-corrected chi connectivity index (χ0v) is 13.1. The largest absolute Gasteiger partial charge is 0.469 e. The molecule has 0 saturated heterocycles. The van der Waals surface area contributed by atoms with Crippen LogP contribution in [0.2, 0.25) is 5.02 Å². The van der Waals surface area contributed by atoms with Gasteiger partial charge >= 0.3 is 5.97 Å². The van der Waals surface area contributed by atoms with Gasteiger partial charge in [-0.2, -0.15) is 0 Å². The Morgan fingerprint density at radius 1 is 1.29 bits per heavy atom. The van der Waals surface area contributed by atoms with E-state index in [2.05, 4.69) is 15.4 Å². The molecule has 0 radical (unpaired) electrons. The number of carbonyl (C=O) groups is 2. The van der Waals surface area contributed by atoms with E-state index in [-0.39, 0.29) is 24.5 Å². The molecule has 0 saturated carbocycles. The van der Waals surface area contributed by atoms with E-state index >= 15 is 0 Å². The predicted molar refractivity (Wildman–Crippen MR) is 82.1 cm³/mol. The Morgan fingerprint density at radius 3 is 2.57 bits per heavy atom. The van der Waals surface area contributed by atoms with Crippen LogP contribution in [0.3, 0.4) is 0 Å². The molecule has 6 heteroatoms. The van der Waals surface area contributed by atoms with Crippen LogP contribution in [0.1, 0.15) is 31.4 Å². The van der Waals surface area contributed by atoms with Crippen molar-refractivity contribution in [3.8, 4) is 0 Å². The van der Waals surface area contributed by atoms with Gasteiger partial charge in [-0.25, -0.2) is 0 Å². The Balaban J connectivity index is 2.20. The first-order chi connectivity index (χ1) is 10.0. The maximum Gasteiger partial charge on any atom is 0.305 e. The molecule has 0 aliphatic rings. The molecule has 0 fully saturated rings. The first-order valence-corrected chi connectivity index (χ1v) is 7.23. The zero-order valence-electron chi connectivity index (χ0n) is 12.3. The lowest BCUT2D eigenvalue weighted by Gasteiger charge is -2.14. The predicted octanol–water partition coefficient (Wildman–Crippen LogP) is 2.06. The minimum atomic E-state index is -0.265. The van der Waals surface area contributed by atoms with Crippen LogP contribution in [-0.2, 0) is 14.3 Å². The molecule has 1 aromatic rings. The summed E-state index contributed by atoms with van der Waals surface area (Å²) in [6.07, 6.45) is 0.885. The topological polar surface area (TPSA) is 67.4 Å². The summed E-state index contributed by atoms with van der Waals surface area (Å²) in [6.45, 7) is 2.67. The Kier molecular flexibility index (Phi) is 7.79. The van der Waals surface area contributed by atoms with Crippen molar-refractivity contribution < 1.29 is 14.3 Å². The normalized spacial score (nSPS) is 11.8. The second-order valence-corrected chi connectivity index (χ2v) is 5.12. The van der Waals surface area contributed by atoms with Crippen LogP contribution >= 0.6 is 11.6 Å². The number of carbonyl (C=O) groups excluding carboxylic acids is 2. The Labute approximate surface area is 130 Å². The SMILES string of the molecule is COC(=O)CCCNC(=O)CN[C@@H](C)c1ccc(Cl)cc1. The fourth-order valence-corrected chi connectivity index (χ4v) is 1.87. The van der Waals surface area contributed by atoms with Crippen molar-refractivity contribution in [2.45, 2.75) is 25.8 Å². The molecule has 1 rings (SSSR count). The molecule has 1 atom stereocenters. The second-order valence-electron chi connectivity index (χ2n) is 4.68. The lowest BCUT2D eigenvalue weighted by molar-refractivity contribution is -0.140. The van der Waals surface area contributed by atoms with E-state index in [1.54, 1.807) is 0 Å². The highest BCUT2D eigenvalue weighted by atomic mass is 35.5. The van der Waals surface area contributed by atoms with Gasteiger partial charge in [0.1, 0.15) is 0 Å². The average molecular weight is 313 g/mol. The van der Waals surface area contributed by atoms with Crippen molar-refractivity contribution in [2.75, 3.05) is 20.2 Å². The Bertz CT molecular complexity index is 462.